The van der Waals surface area contributed by atoms with Crippen molar-refractivity contribution >= 4 is 0 Å². The maximum absolute atomic E-state index is 5.85. The fourth-order valence-electron chi connectivity index (χ4n) is 3.37. The van der Waals surface area contributed by atoms with Gasteiger partial charge in [0.1, 0.15) is 0 Å². The van der Waals surface area contributed by atoms with Crippen molar-refractivity contribution in [3.8, 4) is 5.69 Å². The molecule has 1 saturated carbocycles. The lowest BCUT2D eigenvalue weighted by Gasteiger charge is -2.24. The SMILES string of the molecule is NNC(c1cnn(-c2ccccc2)c1)C1CCCCCC1. The number of hydrazine groups is 1. The van der Waals surface area contributed by atoms with Gasteiger partial charge in [0.15, 0.2) is 0 Å². The molecule has 0 spiro atoms. The molecule has 112 valence electrons. The second-order valence-corrected chi connectivity index (χ2v) is 5.95. The van der Waals surface area contributed by atoms with Gasteiger partial charge in [-0.3, -0.25) is 11.3 Å². The largest absolute Gasteiger partial charge is 0.271 e. The lowest BCUT2D eigenvalue weighted by atomic mass is 9.89. The first-order valence-electron chi connectivity index (χ1n) is 7.94. The molecule has 21 heavy (non-hydrogen) atoms. The van der Waals surface area contributed by atoms with E-state index < -0.39 is 0 Å². The zero-order chi connectivity index (χ0) is 14.5. The highest BCUT2D eigenvalue weighted by Crippen LogP contribution is 2.33. The molecule has 1 fully saturated rings. The summed E-state index contributed by atoms with van der Waals surface area (Å²) in [6.07, 6.45) is 11.9. The Balaban J connectivity index is 1.79. The van der Waals surface area contributed by atoms with Crippen LogP contribution in [-0.4, -0.2) is 9.78 Å². The van der Waals surface area contributed by atoms with Crippen molar-refractivity contribution < 1.29 is 0 Å². The van der Waals surface area contributed by atoms with Gasteiger partial charge >= 0.3 is 0 Å². The molecule has 4 heteroatoms. The monoisotopic (exact) mass is 284 g/mol. The van der Waals surface area contributed by atoms with Crippen LogP contribution >= 0.6 is 0 Å². The molecule has 0 radical (unpaired) electrons. The average Bonchev–Trinajstić information content (AvgIpc) is 2.86. The third kappa shape index (κ3) is 3.34. The summed E-state index contributed by atoms with van der Waals surface area (Å²) in [5.74, 6) is 6.46. The molecule has 1 aliphatic rings. The Morgan fingerprint density at radius 3 is 2.48 bits per heavy atom. The molecule has 1 aromatic heterocycles. The fourth-order valence-corrected chi connectivity index (χ4v) is 3.37. The minimum atomic E-state index is 0.209. The van der Waals surface area contributed by atoms with E-state index in [-0.39, 0.29) is 6.04 Å². The second-order valence-electron chi connectivity index (χ2n) is 5.95. The Hall–Kier alpha value is -1.65. The van der Waals surface area contributed by atoms with Crippen molar-refractivity contribution in [2.75, 3.05) is 0 Å². The molecule has 0 aliphatic heterocycles. The van der Waals surface area contributed by atoms with Crippen molar-refractivity contribution in [1.82, 2.24) is 15.2 Å². The van der Waals surface area contributed by atoms with Gasteiger partial charge in [-0.25, -0.2) is 4.68 Å². The highest BCUT2D eigenvalue weighted by atomic mass is 15.3. The molecule has 3 N–H and O–H groups in total. The summed E-state index contributed by atoms with van der Waals surface area (Å²) in [6, 6.07) is 10.4. The van der Waals surface area contributed by atoms with Gasteiger partial charge in [0.05, 0.1) is 17.9 Å². The minimum Gasteiger partial charge on any atom is -0.271 e. The number of benzene rings is 1. The molecule has 0 bridgehead atoms. The predicted molar refractivity (Wildman–Crippen MR) is 84.8 cm³/mol. The molecule has 2 aromatic rings. The van der Waals surface area contributed by atoms with Crippen LogP contribution in [0.15, 0.2) is 42.7 Å². The molecule has 1 atom stereocenters. The van der Waals surface area contributed by atoms with Crippen LogP contribution in [0.25, 0.3) is 5.69 Å². The van der Waals surface area contributed by atoms with Crippen molar-refractivity contribution in [1.29, 1.82) is 0 Å². The summed E-state index contributed by atoms with van der Waals surface area (Å²) < 4.78 is 1.93. The molecule has 1 aliphatic carbocycles. The number of hydrogen-bond donors (Lipinski definition) is 2. The van der Waals surface area contributed by atoms with Gasteiger partial charge in [-0.1, -0.05) is 43.9 Å². The molecular weight excluding hydrogens is 260 g/mol. The quantitative estimate of drug-likeness (QED) is 0.514. The smallest absolute Gasteiger partial charge is 0.0645 e. The van der Waals surface area contributed by atoms with E-state index in [1.54, 1.807) is 0 Å². The van der Waals surface area contributed by atoms with E-state index in [0.29, 0.717) is 5.92 Å². The van der Waals surface area contributed by atoms with Crippen LogP contribution in [0.4, 0.5) is 0 Å². The van der Waals surface area contributed by atoms with E-state index in [1.165, 1.54) is 44.1 Å². The van der Waals surface area contributed by atoms with E-state index in [1.807, 2.05) is 29.1 Å². The first kappa shape index (κ1) is 14.3. The van der Waals surface area contributed by atoms with Crippen LogP contribution in [0.2, 0.25) is 0 Å². The van der Waals surface area contributed by atoms with Crippen molar-refractivity contribution in [3.63, 3.8) is 0 Å². The fraction of sp³-hybridized carbons (Fsp3) is 0.471. The molecule has 0 amide bonds. The van der Waals surface area contributed by atoms with E-state index in [0.717, 1.165) is 5.69 Å². The van der Waals surface area contributed by atoms with Gasteiger partial charge in [0.2, 0.25) is 0 Å². The van der Waals surface area contributed by atoms with Gasteiger partial charge in [-0.05, 0) is 30.9 Å². The maximum Gasteiger partial charge on any atom is 0.0645 e. The van der Waals surface area contributed by atoms with E-state index in [4.69, 9.17) is 5.84 Å². The topological polar surface area (TPSA) is 55.9 Å². The van der Waals surface area contributed by atoms with Gasteiger partial charge in [-0.15, -0.1) is 0 Å². The summed E-state index contributed by atoms with van der Waals surface area (Å²) >= 11 is 0. The number of hydrogen-bond acceptors (Lipinski definition) is 3. The minimum absolute atomic E-state index is 0.209. The van der Waals surface area contributed by atoms with Crippen LogP contribution in [0, 0.1) is 5.92 Å². The Bertz CT molecular complexity index is 541. The highest BCUT2D eigenvalue weighted by Gasteiger charge is 2.24. The summed E-state index contributed by atoms with van der Waals surface area (Å²) in [6.45, 7) is 0. The molecule has 1 heterocycles. The lowest BCUT2D eigenvalue weighted by molar-refractivity contribution is 0.329. The number of para-hydroxylation sites is 1. The summed E-state index contributed by atoms with van der Waals surface area (Å²) in [5.41, 5.74) is 5.30. The summed E-state index contributed by atoms with van der Waals surface area (Å²) in [4.78, 5) is 0. The summed E-state index contributed by atoms with van der Waals surface area (Å²) in [7, 11) is 0. The van der Waals surface area contributed by atoms with Crippen LogP contribution in [0.3, 0.4) is 0 Å². The first-order valence-corrected chi connectivity index (χ1v) is 7.94. The number of nitrogens with one attached hydrogen (secondary N) is 1. The normalized spacial score (nSPS) is 18.3. The van der Waals surface area contributed by atoms with Crippen LogP contribution in [0.5, 0.6) is 0 Å². The Kier molecular flexibility index (Phi) is 4.68. The van der Waals surface area contributed by atoms with Crippen LogP contribution in [0.1, 0.15) is 50.1 Å². The van der Waals surface area contributed by atoms with Crippen molar-refractivity contribution in [2.45, 2.75) is 44.6 Å². The van der Waals surface area contributed by atoms with E-state index >= 15 is 0 Å². The number of rotatable bonds is 4. The molecule has 3 rings (SSSR count). The van der Waals surface area contributed by atoms with Gasteiger partial charge < -0.3 is 0 Å². The number of aromatic nitrogens is 2. The van der Waals surface area contributed by atoms with E-state index in [9.17, 15) is 0 Å². The Morgan fingerprint density at radius 1 is 1.10 bits per heavy atom. The predicted octanol–water partition coefficient (Wildman–Crippen LogP) is 3.35. The zero-order valence-electron chi connectivity index (χ0n) is 12.4. The van der Waals surface area contributed by atoms with Gasteiger partial charge in [0.25, 0.3) is 0 Å². The third-order valence-corrected chi connectivity index (χ3v) is 4.53. The zero-order valence-corrected chi connectivity index (χ0v) is 12.4. The number of nitrogens with two attached hydrogens (primary N) is 1. The van der Waals surface area contributed by atoms with Crippen molar-refractivity contribution in [3.05, 3.63) is 48.3 Å². The first-order chi connectivity index (χ1) is 10.4. The highest BCUT2D eigenvalue weighted by molar-refractivity contribution is 5.31. The second kappa shape index (κ2) is 6.87. The Morgan fingerprint density at radius 2 is 1.81 bits per heavy atom. The lowest BCUT2D eigenvalue weighted by Crippen LogP contribution is -2.33. The molecular formula is C17H24N4. The van der Waals surface area contributed by atoms with Crippen molar-refractivity contribution in [2.24, 2.45) is 11.8 Å². The van der Waals surface area contributed by atoms with E-state index in [2.05, 4.69) is 28.9 Å². The van der Waals surface area contributed by atoms with Gasteiger partial charge in [0, 0.05) is 11.8 Å². The average molecular weight is 284 g/mol. The Labute approximate surface area is 126 Å². The third-order valence-electron chi connectivity index (χ3n) is 4.53. The molecule has 4 nitrogen and oxygen atoms in total. The summed E-state index contributed by atoms with van der Waals surface area (Å²) in [5, 5.41) is 4.49. The number of nitrogens with zero attached hydrogens (tertiary/aromatic N) is 2. The molecule has 1 aromatic carbocycles. The maximum atomic E-state index is 5.85. The van der Waals surface area contributed by atoms with Gasteiger partial charge in [-0.2, -0.15) is 5.10 Å². The molecule has 1 unspecified atom stereocenters. The standard InChI is InChI=1S/C17H24N4/c18-20-17(14-8-4-1-2-5-9-14)15-12-19-21(13-15)16-10-6-3-7-11-16/h3,6-7,10-14,17,20H,1-2,4-5,8-9,18H2. The van der Waals surface area contributed by atoms with Crippen LogP contribution in [-0.2, 0) is 0 Å². The molecule has 0 saturated heterocycles. The van der Waals surface area contributed by atoms with Crippen LogP contribution < -0.4 is 11.3 Å².